The standard InChI is InChI=1S/C17H30BrNS/c1-3-5-6-7-8-9-10-15(19-13-4-2)14-16-11-12-17(18)20-16/h11-12,15,19H,3-10,13-14H2,1-2H3. The first-order valence-electron chi connectivity index (χ1n) is 8.23. The predicted molar refractivity (Wildman–Crippen MR) is 95.8 cm³/mol. The van der Waals surface area contributed by atoms with Gasteiger partial charge in [0, 0.05) is 10.9 Å². The fraction of sp³-hybridized carbons (Fsp3) is 0.765. The topological polar surface area (TPSA) is 12.0 Å². The van der Waals surface area contributed by atoms with Gasteiger partial charge in [0.05, 0.1) is 3.79 Å². The number of rotatable bonds is 12. The molecule has 0 aliphatic heterocycles. The van der Waals surface area contributed by atoms with Gasteiger partial charge in [-0.2, -0.15) is 0 Å². The zero-order valence-corrected chi connectivity index (χ0v) is 15.5. The van der Waals surface area contributed by atoms with E-state index in [0.29, 0.717) is 6.04 Å². The van der Waals surface area contributed by atoms with Crippen molar-refractivity contribution in [2.75, 3.05) is 6.54 Å². The molecule has 0 fully saturated rings. The molecule has 1 aromatic heterocycles. The van der Waals surface area contributed by atoms with E-state index in [4.69, 9.17) is 0 Å². The Kier molecular flexibility index (Phi) is 10.7. The van der Waals surface area contributed by atoms with E-state index in [1.807, 2.05) is 11.3 Å². The first-order valence-corrected chi connectivity index (χ1v) is 9.84. The van der Waals surface area contributed by atoms with Crippen molar-refractivity contribution in [2.24, 2.45) is 0 Å². The van der Waals surface area contributed by atoms with Crippen LogP contribution in [0.15, 0.2) is 15.9 Å². The second-order valence-corrected chi connectivity index (χ2v) is 8.16. The summed E-state index contributed by atoms with van der Waals surface area (Å²) in [5.74, 6) is 0. The Balaban J connectivity index is 2.24. The first-order chi connectivity index (χ1) is 9.76. The van der Waals surface area contributed by atoms with Crippen molar-refractivity contribution in [3.8, 4) is 0 Å². The van der Waals surface area contributed by atoms with Crippen molar-refractivity contribution >= 4 is 27.3 Å². The van der Waals surface area contributed by atoms with E-state index in [0.717, 1.165) is 6.54 Å². The summed E-state index contributed by atoms with van der Waals surface area (Å²) in [7, 11) is 0. The molecule has 0 saturated heterocycles. The molecule has 1 rings (SSSR count). The van der Waals surface area contributed by atoms with Crippen molar-refractivity contribution < 1.29 is 0 Å². The third-order valence-electron chi connectivity index (χ3n) is 3.67. The van der Waals surface area contributed by atoms with Gasteiger partial charge in [0.1, 0.15) is 0 Å². The minimum atomic E-state index is 0.659. The van der Waals surface area contributed by atoms with Gasteiger partial charge >= 0.3 is 0 Å². The molecule has 0 spiro atoms. The fourth-order valence-corrected chi connectivity index (χ4v) is 4.06. The molecule has 1 nitrogen and oxygen atoms in total. The highest BCUT2D eigenvalue weighted by Crippen LogP contribution is 2.24. The Morgan fingerprint density at radius 3 is 2.45 bits per heavy atom. The number of hydrogen-bond acceptors (Lipinski definition) is 2. The first kappa shape index (κ1) is 18.2. The maximum Gasteiger partial charge on any atom is 0.0701 e. The summed E-state index contributed by atoms with van der Waals surface area (Å²) in [4.78, 5) is 1.50. The second kappa shape index (κ2) is 11.8. The van der Waals surface area contributed by atoms with Crippen LogP contribution in [0.25, 0.3) is 0 Å². The number of nitrogens with one attached hydrogen (secondary N) is 1. The van der Waals surface area contributed by atoms with E-state index >= 15 is 0 Å². The SMILES string of the molecule is CCCCCCCCC(Cc1ccc(Br)s1)NCCC. The number of thiophene rings is 1. The quantitative estimate of drug-likeness (QED) is 0.439. The average molecular weight is 360 g/mol. The Bertz CT molecular complexity index is 337. The van der Waals surface area contributed by atoms with Crippen molar-refractivity contribution in [1.82, 2.24) is 5.32 Å². The summed E-state index contributed by atoms with van der Waals surface area (Å²) >= 11 is 5.44. The van der Waals surface area contributed by atoms with E-state index in [1.54, 1.807) is 0 Å². The van der Waals surface area contributed by atoms with Gasteiger partial charge in [-0.3, -0.25) is 0 Å². The molecule has 1 atom stereocenters. The van der Waals surface area contributed by atoms with Gasteiger partial charge in [-0.15, -0.1) is 11.3 Å². The van der Waals surface area contributed by atoms with Crippen molar-refractivity contribution in [3.05, 3.63) is 20.8 Å². The van der Waals surface area contributed by atoms with Gasteiger partial charge in [0.15, 0.2) is 0 Å². The molecule has 0 aliphatic rings. The summed E-state index contributed by atoms with van der Waals surface area (Å²) in [5, 5.41) is 3.72. The minimum absolute atomic E-state index is 0.659. The molecule has 0 aromatic carbocycles. The van der Waals surface area contributed by atoms with Gasteiger partial charge in [0.25, 0.3) is 0 Å². The lowest BCUT2D eigenvalue weighted by Crippen LogP contribution is -2.31. The van der Waals surface area contributed by atoms with Gasteiger partial charge in [-0.1, -0.05) is 52.4 Å². The maximum atomic E-state index is 3.72. The molecule has 1 N–H and O–H groups in total. The van der Waals surface area contributed by atoms with Gasteiger partial charge < -0.3 is 5.32 Å². The number of unbranched alkanes of at least 4 members (excludes halogenated alkanes) is 5. The van der Waals surface area contributed by atoms with Gasteiger partial charge in [0.2, 0.25) is 0 Å². The lowest BCUT2D eigenvalue weighted by molar-refractivity contribution is 0.452. The van der Waals surface area contributed by atoms with Crippen molar-refractivity contribution in [3.63, 3.8) is 0 Å². The third-order valence-corrected chi connectivity index (χ3v) is 5.31. The van der Waals surface area contributed by atoms with E-state index in [2.05, 4.69) is 47.2 Å². The number of halogens is 1. The van der Waals surface area contributed by atoms with Crippen LogP contribution in [0.5, 0.6) is 0 Å². The summed E-state index contributed by atoms with van der Waals surface area (Å²) in [6.07, 6.45) is 12.1. The van der Waals surface area contributed by atoms with Crippen LogP contribution in [0.1, 0.15) is 70.1 Å². The molecule has 1 aromatic rings. The molecule has 1 heterocycles. The lowest BCUT2D eigenvalue weighted by Gasteiger charge is -2.17. The largest absolute Gasteiger partial charge is 0.314 e. The molecule has 116 valence electrons. The van der Waals surface area contributed by atoms with Crippen LogP contribution in [0.4, 0.5) is 0 Å². The van der Waals surface area contributed by atoms with Gasteiger partial charge in [-0.05, 0) is 53.9 Å². The lowest BCUT2D eigenvalue weighted by atomic mass is 10.0. The van der Waals surface area contributed by atoms with E-state index in [-0.39, 0.29) is 0 Å². The maximum absolute atomic E-state index is 3.72. The summed E-state index contributed by atoms with van der Waals surface area (Å²) in [5.41, 5.74) is 0. The predicted octanol–water partition coefficient (Wildman–Crippen LogP) is 6.17. The molecular formula is C17H30BrNS. The summed E-state index contributed by atoms with van der Waals surface area (Å²) in [6.45, 7) is 5.67. The average Bonchev–Trinajstić information content (AvgIpc) is 2.85. The zero-order chi connectivity index (χ0) is 14.6. The molecule has 0 radical (unpaired) electrons. The van der Waals surface area contributed by atoms with Gasteiger partial charge in [-0.25, -0.2) is 0 Å². The second-order valence-electron chi connectivity index (χ2n) is 5.62. The highest BCUT2D eigenvalue weighted by Gasteiger charge is 2.10. The highest BCUT2D eigenvalue weighted by atomic mass is 79.9. The monoisotopic (exact) mass is 359 g/mol. The molecular weight excluding hydrogens is 330 g/mol. The zero-order valence-electron chi connectivity index (χ0n) is 13.1. The summed E-state index contributed by atoms with van der Waals surface area (Å²) < 4.78 is 1.25. The Labute approximate surface area is 137 Å². The molecule has 0 aliphatic carbocycles. The van der Waals surface area contributed by atoms with Crippen LogP contribution in [0.2, 0.25) is 0 Å². The van der Waals surface area contributed by atoms with Crippen LogP contribution in [0, 0.1) is 0 Å². The Hall–Kier alpha value is 0.140. The Morgan fingerprint density at radius 2 is 1.80 bits per heavy atom. The van der Waals surface area contributed by atoms with Crippen LogP contribution < -0.4 is 5.32 Å². The molecule has 0 saturated carbocycles. The molecule has 1 unspecified atom stereocenters. The third kappa shape index (κ3) is 8.43. The van der Waals surface area contributed by atoms with Crippen molar-refractivity contribution in [2.45, 2.75) is 77.7 Å². The smallest absolute Gasteiger partial charge is 0.0701 e. The van der Waals surface area contributed by atoms with E-state index in [1.165, 1.54) is 66.5 Å². The van der Waals surface area contributed by atoms with Crippen LogP contribution in [-0.4, -0.2) is 12.6 Å². The highest BCUT2D eigenvalue weighted by molar-refractivity contribution is 9.11. The van der Waals surface area contributed by atoms with Crippen LogP contribution in [-0.2, 0) is 6.42 Å². The van der Waals surface area contributed by atoms with Crippen LogP contribution in [0.3, 0.4) is 0 Å². The molecule has 20 heavy (non-hydrogen) atoms. The van der Waals surface area contributed by atoms with Crippen LogP contribution >= 0.6 is 27.3 Å². The normalized spacial score (nSPS) is 12.8. The molecule has 0 bridgehead atoms. The van der Waals surface area contributed by atoms with E-state index in [9.17, 15) is 0 Å². The Morgan fingerprint density at radius 1 is 1.05 bits per heavy atom. The molecule has 0 amide bonds. The van der Waals surface area contributed by atoms with Crippen molar-refractivity contribution in [1.29, 1.82) is 0 Å². The summed E-state index contributed by atoms with van der Waals surface area (Å²) in [6, 6.07) is 5.09. The number of hydrogen-bond donors (Lipinski definition) is 1. The van der Waals surface area contributed by atoms with E-state index < -0.39 is 0 Å². The molecule has 3 heteroatoms. The fourth-order valence-electron chi connectivity index (χ4n) is 2.50. The minimum Gasteiger partial charge on any atom is -0.314 e.